The normalized spacial score (nSPS) is 15.3. The van der Waals surface area contributed by atoms with Crippen LogP contribution in [0.4, 0.5) is 0 Å². The van der Waals surface area contributed by atoms with Crippen molar-refractivity contribution in [2.75, 3.05) is 13.1 Å². The van der Waals surface area contributed by atoms with Crippen molar-refractivity contribution < 1.29 is 4.79 Å². The topological polar surface area (TPSA) is 49.0 Å². The van der Waals surface area contributed by atoms with Gasteiger partial charge in [-0.2, -0.15) is 0 Å². The van der Waals surface area contributed by atoms with Crippen LogP contribution in [-0.2, 0) is 17.6 Å². The van der Waals surface area contributed by atoms with E-state index in [0.717, 1.165) is 54.8 Å². The van der Waals surface area contributed by atoms with Gasteiger partial charge in [0, 0.05) is 19.5 Å². The number of aryl methyl sites for hydroxylation is 1. The molecule has 1 amide bonds. The fourth-order valence-electron chi connectivity index (χ4n) is 2.64. The van der Waals surface area contributed by atoms with Gasteiger partial charge in [0.05, 0.1) is 17.5 Å². The summed E-state index contributed by atoms with van der Waals surface area (Å²) in [5.74, 6) is 1.24. The number of nitrogens with zero attached hydrogens (tertiary/aromatic N) is 2. The van der Waals surface area contributed by atoms with E-state index in [0.29, 0.717) is 6.42 Å². The van der Waals surface area contributed by atoms with E-state index in [1.54, 1.807) is 0 Å². The highest BCUT2D eigenvalue weighted by Gasteiger charge is 2.18. The van der Waals surface area contributed by atoms with Crippen molar-refractivity contribution in [3.05, 3.63) is 29.6 Å². The van der Waals surface area contributed by atoms with E-state index in [1.807, 2.05) is 17.0 Å². The second-order valence-corrected chi connectivity index (χ2v) is 5.15. The third-order valence-corrected chi connectivity index (χ3v) is 3.74. The molecular formula is C15H19N3O. The lowest BCUT2D eigenvalue weighted by Crippen LogP contribution is -2.29. The Balaban J connectivity index is 1.78. The number of aromatic nitrogens is 2. The predicted molar refractivity (Wildman–Crippen MR) is 75.0 cm³/mol. The summed E-state index contributed by atoms with van der Waals surface area (Å²) in [6.45, 7) is 3.92. The van der Waals surface area contributed by atoms with Crippen molar-refractivity contribution in [2.24, 2.45) is 0 Å². The maximum absolute atomic E-state index is 12.1. The summed E-state index contributed by atoms with van der Waals surface area (Å²) in [7, 11) is 0. The van der Waals surface area contributed by atoms with Gasteiger partial charge in [0.15, 0.2) is 0 Å². The van der Waals surface area contributed by atoms with Crippen LogP contribution >= 0.6 is 0 Å². The van der Waals surface area contributed by atoms with Crippen molar-refractivity contribution in [2.45, 2.75) is 32.6 Å². The number of nitrogens with one attached hydrogen (secondary N) is 1. The summed E-state index contributed by atoms with van der Waals surface area (Å²) in [6, 6.07) is 6.06. The number of aromatic amines is 1. The molecule has 0 radical (unpaired) electrons. The molecule has 1 aromatic heterocycles. The molecule has 1 N–H and O–H groups in total. The molecular weight excluding hydrogens is 238 g/mol. The van der Waals surface area contributed by atoms with Gasteiger partial charge in [-0.1, -0.05) is 13.0 Å². The van der Waals surface area contributed by atoms with Gasteiger partial charge in [-0.15, -0.1) is 0 Å². The molecule has 19 heavy (non-hydrogen) atoms. The van der Waals surface area contributed by atoms with E-state index in [9.17, 15) is 4.79 Å². The van der Waals surface area contributed by atoms with Gasteiger partial charge in [-0.25, -0.2) is 4.98 Å². The summed E-state index contributed by atoms with van der Waals surface area (Å²) in [5.41, 5.74) is 3.08. The number of hydrogen-bond acceptors (Lipinski definition) is 2. The van der Waals surface area contributed by atoms with Crippen LogP contribution in [0.2, 0.25) is 0 Å². The van der Waals surface area contributed by atoms with Crippen LogP contribution in [0.5, 0.6) is 0 Å². The molecule has 0 spiro atoms. The highest BCUT2D eigenvalue weighted by atomic mass is 16.2. The largest absolute Gasteiger partial charge is 0.342 e. The van der Waals surface area contributed by atoms with Crippen molar-refractivity contribution in [3.8, 4) is 0 Å². The number of imidazole rings is 1. The molecule has 1 saturated heterocycles. The maximum Gasteiger partial charge on any atom is 0.226 e. The van der Waals surface area contributed by atoms with Crippen LogP contribution in [-0.4, -0.2) is 33.9 Å². The lowest BCUT2D eigenvalue weighted by atomic mass is 10.1. The fraction of sp³-hybridized carbons (Fsp3) is 0.467. The SMILES string of the molecule is CCc1nc2ccc(CC(=O)N3CCCC3)cc2[nH]1. The fourth-order valence-corrected chi connectivity index (χ4v) is 2.64. The van der Waals surface area contributed by atoms with Crippen molar-refractivity contribution in [3.63, 3.8) is 0 Å². The monoisotopic (exact) mass is 257 g/mol. The zero-order valence-corrected chi connectivity index (χ0v) is 11.3. The third-order valence-electron chi connectivity index (χ3n) is 3.74. The number of carbonyl (C=O) groups excluding carboxylic acids is 1. The van der Waals surface area contributed by atoms with E-state index < -0.39 is 0 Å². The average molecular weight is 257 g/mol. The molecule has 0 bridgehead atoms. The van der Waals surface area contributed by atoms with Gasteiger partial charge >= 0.3 is 0 Å². The van der Waals surface area contributed by atoms with E-state index in [1.165, 1.54) is 0 Å². The van der Waals surface area contributed by atoms with Gasteiger partial charge in [0.1, 0.15) is 5.82 Å². The lowest BCUT2D eigenvalue weighted by Gasteiger charge is -2.14. The number of amides is 1. The Morgan fingerprint density at radius 2 is 2.16 bits per heavy atom. The highest BCUT2D eigenvalue weighted by molar-refractivity contribution is 5.82. The zero-order chi connectivity index (χ0) is 13.2. The molecule has 0 aliphatic carbocycles. The molecule has 0 unspecified atom stereocenters. The predicted octanol–water partition coefficient (Wildman–Crippen LogP) is 2.29. The molecule has 1 fully saturated rings. The van der Waals surface area contributed by atoms with Crippen LogP contribution in [0.25, 0.3) is 11.0 Å². The second kappa shape index (κ2) is 5.03. The number of carbonyl (C=O) groups is 1. The Morgan fingerprint density at radius 1 is 1.37 bits per heavy atom. The smallest absolute Gasteiger partial charge is 0.226 e. The maximum atomic E-state index is 12.1. The summed E-state index contributed by atoms with van der Waals surface area (Å²) < 4.78 is 0. The Morgan fingerprint density at radius 3 is 2.89 bits per heavy atom. The molecule has 2 heterocycles. The summed E-state index contributed by atoms with van der Waals surface area (Å²) in [5, 5.41) is 0. The number of H-pyrrole nitrogens is 1. The quantitative estimate of drug-likeness (QED) is 0.917. The molecule has 1 aromatic carbocycles. The Bertz CT molecular complexity index is 596. The van der Waals surface area contributed by atoms with Crippen molar-refractivity contribution in [1.29, 1.82) is 0 Å². The van der Waals surface area contributed by atoms with Gasteiger partial charge in [-0.05, 0) is 30.5 Å². The Kier molecular flexibility index (Phi) is 3.23. The number of likely N-dealkylation sites (tertiary alicyclic amines) is 1. The molecule has 0 saturated carbocycles. The number of hydrogen-bond donors (Lipinski definition) is 1. The van der Waals surface area contributed by atoms with Gasteiger partial charge in [-0.3, -0.25) is 4.79 Å². The standard InChI is InChI=1S/C15H19N3O/c1-2-14-16-12-6-5-11(9-13(12)17-14)10-15(19)18-7-3-4-8-18/h5-6,9H,2-4,7-8,10H2,1H3,(H,16,17). The minimum absolute atomic E-state index is 0.243. The molecule has 3 rings (SSSR count). The number of rotatable bonds is 3. The average Bonchev–Trinajstić information content (AvgIpc) is 3.07. The number of fused-ring (bicyclic) bond motifs is 1. The summed E-state index contributed by atoms with van der Waals surface area (Å²) in [6.07, 6.45) is 3.68. The van der Waals surface area contributed by atoms with Crippen LogP contribution in [0.3, 0.4) is 0 Å². The van der Waals surface area contributed by atoms with E-state index in [4.69, 9.17) is 0 Å². The third kappa shape index (κ3) is 2.48. The first-order valence-corrected chi connectivity index (χ1v) is 7.01. The van der Waals surface area contributed by atoms with E-state index in [-0.39, 0.29) is 5.91 Å². The summed E-state index contributed by atoms with van der Waals surface area (Å²) in [4.78, 5) is 21.8. The highest BCUT2D eigenvalue weighted by Crippen LogP contribution is 2.16. The zero-order valence-electron chi connectivity index (χ0n) is 11.3. The molecule has 0 atom stereocenters. The van der Waals surface area contributed by atoms with Gasteiger partial charge in [0.25, 0.3) is 0 Å². The van der Waals surface area contributed by atoms with Crippen LogP contribution in [0.1, 0.15) is 31.2 Å². The molecule has 2 aromatic rings. The van der Waals surface area contributed by atoms with Crippen molar-refractivity contribution in [1.82, 2.24) is 14.9 Å². The van der Waals surface area contributed by atoms with E-state index >= 15 is 0 Å². The molecule has 100 valence electrons. The molecule has 4 nitrogen and oxygen atoms in total. The Labute approximate surface area is 112 Å². The first-order chi connectivity index (χ1) is 9.26. The van der Waals surface area contributed by atoms with E-state index in [2.05, 4.69) is 23.0 Å². The summed E-state index contributed by atoms with van der Waals surface area (Å²) >= 11 is 0. The van der Waals surface area contributed by atoms with Crippen molar-refractivity contribution >= 4 is 16.9 Å². The number of benzene rings is 1. The Hall–Kier alpha value is -1.84. The first-order valence-electron chi connectivity index (χ1n) is 7.01. The van der Waals surface area contributed by atoms with Gasteiger partial charge < -0.3 is 9.88 Å². The van der Waals surface area contributed by atoms with Crippen LogP contribution < -0.4 is 0 Å². The molecule has 1 aliphatic rings. The van der Waals surface area contributed by atoms with Crippen LogP contribution in [0.15, 0.2) is 18.2 Å². The second-order valence-electron chi connectivity index (χ2n) is 5.15. The first kappa shape index (κ1) is 12.2. The minimum Gasteiger partial charge on any atom is -0.342 e. The molecule has 1 aliphatic heterocycles. The molecule has 4 heteroatoms. The van der Waals surface area contributed by atoms with Crippen LogP contribution in [0, 0.1) is 0 Å². The lowest BCUT2D eigenvalue weighted by molar-refractivity contribution is -0.129. The minimum atomic E-state index is 0.243. The van der Waals surface area contributed by atoms with Gasteiger partial charge in [0.2, 0.25) is 5.91 Å².